The highest BCUT2D eigenvalue weighted by Gasteiger charge is 2.45. The summed E-state index contributed by atoms with van der Waals surface area (Å²) in [5.41, 5.74) is -4.72. The Balaban J connectivity index is 1.96. The minimum atomic E-state index is -5.18. The molecule has 238 valence electrons. The Morgan fingerprint density at radius 2 is 1.60 bits per heavy atom. The quantitative estimate of drug-likeness (QED) is 0.174. The summed E-state index contributed by atoms with van der Waals surface area (Å²) < 4.78 is 132. The van der Waals surface area contributed by atoms with Gasteiger partial charge in [-0.05, 0) is 65.7 Å². The Bertz CT molecular complexity index is 1670. The molecule has 1 atom stereocenters. The lowest BCUT2D eigenvalue weighted by atomic mass is 9.80. The van der Waals surface area contributed by atoms with E-state index in [0.29, 0.717) is 23.4 Å². The van der Waals surface area contributed by atoms with Gasteiger partial charge in [-0.2, -0.15) is 30.7 Å². The van der Waals surface area contributed by atoms with E-state index in [9.17, 15) is 44.3 Å². The molecule has 0 saturated heterocycles. The Labute approximate surface area is 254 Å². The second-order valence-electron chi connectivity index (χ2n) is 9.58. The molecule has 3 aromatic carbocycles. The number of nitrogens with zero attached hydrogens (tertiary/aromatic N) is 1. The number of benzene rings is 3. The molecule has 0 spiro atoms. The molecule has 15 heteroatoms. The van der Waals surface area contributed by atoms with Crippen LogP contribution >= 0.6 is 11.6 Å². The average molecular weight is 663 g/mol. The van der Waals surface area contributed by atoms with Crippen LogP contribution in [-0.4, -0.2) is 30.5 Å². The van der Waals surface area contributed by atoms with Crippen LogP contribution in [0.25, 0.3) is 0 Å². The number of ether oxygens (including phenoxy) is 2. The number of rotatable bonds is 10. The first-order valence-electron chi connectivity index (χ1n) is 12.6. The molecule has 1 aromatic heterocycles. The maximum absolute atomic E-state index is 15.0. The second-order valence-corrected chi connectivity index (χ2v) is 10.0. The number of carbonyl (C=O) groups is 1. The fourth-order valence-corrected chi connectivity index (χ4v) is 4.53. The Morgan fingerprint density at radius 3 is 2.18 bits per heavy atom. The van der Waals surface area contributed by atoms with Crippen LogP contribution in [0.4, 0.5) is 39.5 Å². The summed E-state index contributed by atoms with van der Waals surface area (Å²) in [4.78, 5) is 17.8. The molecule has 1 amide bonds. The molecule has 0 aliphatic rings. The summed E-state index contributed by atoms with van der Waals surface area (Å²) in [6.45, 7) is 0. The van der Waals surface area contributed by atoms with Gasteiger partial charge in [0.25, 0.3) is 5.91 Å². The number of hydrogen-bond donors (Lipinski definition) is 1. The first kappa shape index (κ1) is 33.4. The van der Waals surface area contributed by atoms with E-state index < -0.39 is 58.7 Å². The molecule has 0 bridgehead atoms. The molecule has 1 N–H and O–H groups in total. The minimum Gasteiger partial charge on any atom is -0.497 e. The number of methoxy groups -OCH3 is 1. The van der Waals surface area contributed by atoms with Gasteiger partial charge in [-0.15, -0.1) is 0 Å². The van der Waals surface area contributed by atoms with E-state index in [1.54, 1.807) is 0 Å². The van der Waals surface area contributed by atoms with Crippen molar-refractivity contribution in [2.75, 3.05) is 7.11 Å². The van der Waals surface area contributed by atoms with Gasteiger partial charge in [0.05, 0.1) is 23.4 Å². The molecule has 5 nitrogen and oxygen atoms in total. The predicted molar refractivity (Wildman–Crippen MR) is 144 cm³/mol. The van der Waals surface area contributed by atoms with Crippen molar-refractivity contribution in [3.8, 4) is 11.5 Å². The molecule has 0 radical (unpaired) electrons. The van der Waals surface area contributed by atoms with E-state index in [2.05, 4.69) is 15.0 Å². The number of amides is 1. The van der Waals surface area contributed by atoms with E-state index >= 15 is 0 Å². The topological polar surface area (TPSA) is 60.5 Å². The molecule has 0 fully saturated rings. The summed E-state index contributed by atoms with van der Waals surface area (Å²) in [5.74, 6) is -4.85. The van der Waals surface area contributed by atoms with Crippen molar-refractivity contribution < 1.29 is 53.8 Å². The summed E-state index contributed by atoms with van der Waals surface area (Å²) in [6.07, 6.45) is -13.8. The summed E-state index contributed by atoms with van der Waals surface area (Å²) in [7, 11) is 1.39. The SMILES string of the molecule is COc1ccc(C[C@@](NC(=O)c2ccc(F)c(C(F)(F)F)c2)(c2cc(F)cc(OC(F)(F)C(F)F)c2)c2ccc(Cl)cn2)cc1. The summed E-state index contributed by atoms with van der Waals surface area (Å²) >= 11 is 5.99. The number of alkyl halides is 7. The van der Waals surface area contributed by atoms with E-state index in [-0.39, 0.29) is 28.8 Å². The fourth-order valence-electron chi connectivity index (χ4n) is 4.42. The van der Waals surface area contributed by atoms with Gasteiger partial charge in [0.15, 0.2) is 0 Å². The van der Waals surface area contributed by atoms with Crippen molar-refractivity contribution in [3.63, 3.8) is 0 Å². The van der Waals surface area contributed by atoms with E-state index in [4.69, 9.17) is 16.3 Å². The zero-order chi connectivity index (χ0) is 33.2. The number of hydrogen-bond acceptors (Lipinski definition) is 4. The van der Waals surface area contributed by atoms with Gasteiger partial charge in [0.1, 0.15) is 28.7 Å². The third-order valence-corrected chi connectivity index (χ3v) is 6.75. The van der Waals surface area contributed by atoms with Crippen LogP contribution in [0, 0.1) is 11.6 Å². The zero-order valence-corrected chi connectivity index (χ0v) is 23.5. The highest BCUT2D eigenvalue weighted by atomic mass is 35.5. The van der Waals surface area contributed by atoms with Crippen LogP contribution in [0.5, 0.6) is 11.5 Å². The normalized spacial score (nSPS) is 13.3. The smallest absolute Gasteiger partial charge is 0.461 e. The maximum Gasteiger partial charge on any atom is 0.461 e. The van der Waals surface area contributed by atoms with Crippen molar-refractivity contribution in [1.82, 2.24) is 10.3 Å². The summed E-state index contributed by atoms with van der Waals surface area (Å²) in [5, 5.41) is 2.58. The number of aromatic nitrogens is 1. The number of halogens is 10. The van der Waals surface area contributed by atoms with Gasteiger partial charge in [0.2, 0.25) is 0 Å². The van der Waals surface area contributed by atoms with Gasteiger partial charge < -0.3 is 14.8 Å². The predicted octanol–water partition coefficient (Wildman–Crippen LogP) is 8.19. The van der Waals surface area contributed by atoms with Crippen LogP contribution < -0.4 is 14.8 Å². The van der Waals surface area contributed by atoms with Gasteiger partial charge in [0, 0.05) is 24.2 Å². The fraction of sp³-hybridized carbons (Fsp3) is 0.200. The molecular formula is C30H20ClF9N2O3. The average Bonchev–Trinajstić information content (AvgIpc) is 2.96. The lowest BCUT2D eigenvalue weighted by Crippen LogP contribution is -2.49. The van der Waals surface area contributed by atoms with Crippen LogP contribution in [0.3, 0.4) is 0 Å². The highest BCUT2D eigenvalue weighted by Crippen LogP contribution is 2.38. The van der Waals surface area contributed by atoms with Crippen molar-refractivity contribution >= 4 is 17.5 Å². The first-order valence-corrected chi connectivity index (χ1v) is 13.0. The first-order chi connectivity index (χ1) is 21.0. The molecule has 1 heterocycles. The van der Waals surface area contributed by atoms with Crippen LogP contribution in [0.15, 0.2) is 79.0 Å². The van der Waals surface area contributed by atoms with E-state index in [1.807, 2.05) is 0 Å². The van der Waals surface area contributed by atoms with Gasteiger partial charge in [-0.3, -0.25) is 9.78 Å². The largest absolute Gasteiger partial charge is 0.497 e. The Hall–Kier alpha value is -4.46. The van der Waals surface area contributed by atoms with Crippen LogP contribution in [-0.2, 0) is 18.1 Å². The van der Waals surface area contributed by atoms with Gasteiger partial charge >= 0.3 is 18.7 Å². The highest BCUT2D eigenvalue weighted by molar-refractivity contribution is 6.30. The monoisotopic (exact) mass is 662 g/mol. The number of carbonyl (C=O) groups excluding carboxylic acids is 1. The molecule has 0 saturated carbocycles. The molecule has 0 unspecified atom stereocenters. The number of nitrogens with one attached hydrogen (secondary N) is 1. The van der Waals surface area contributed by atoms with Crippen LogP contribution in [0.2, 0.25) is 5.02 Å². The molecule has 4 aromatic rings. The molecule has 45 heavy (non-hydrogen) atoms. The van der Waals surface area contributed by atoms with Crippen molar-refractivity contribution in [1.29, 1.82) is 0 Å². The van der Waals surface area contributed by atoms with Gasteiger partial charge in [-0.25, -0.2) is 8.78 Å². The van der Waals surface area contributed by atoms with Crippen LogP contribution in [0.1, 0.15) is 32.7 Å². The van der Waals surface area contributed by atoms with Crippen molar-refractivity contribution in [2.45, 2.75) is 30.7 Å². The Morgan fingerprint density at radius 1 is 0.911 bits per heavy atom. The third-order valence-electron chi connectivity index (χ3n) is 6.53. The van der Waals surface area contributed by atoms with Crippen molar-refractivity contribution in [3.05, 3.63) is 124 Å². The molecular weight excluding hydrogens is 643 g/mol. The minimum absolute atomic E-state index is 0.0941. The number of pyridine rings is 1. The zero-order valence-electron chi connectivity index (χ0n) is 22.7. The van der Waals surface area contributed by atoms with E-state index in [1.165, 1.54) is 43.5 Å². The lowest BCUT2D eigenvalue weighted by Gasteiger charge is -2.36. The molecule has 0 aliphatic carbocycles. The second kappa shape index (κ2) is 12.9. The lowest BCUT2D eigenvalue weighted by molar-refractivity contribution is -0.253. The molecule has 4 rings (SSSR count). The van der Waals surface area contributed by atoms with E-state index in [0.717, 1.165) is 24.4 Å². The summed E-state index contributed by atoms with van der Waals surface area (Å²) in [6, 6.07) is 11.9. The molecule has 0 aliphatic heterocycles. The standard InChI is InChI=1S/C30H20ClF9N2O3/c1-44-21-6-2-16(3-7-21)14-28(25-9-5-19(31)15-41-25,18-11-20(32)13-22(12-18)45-30(39,40)27(34)35)42-26(43)17-4-8-24(33)23(10-17)29(36,37)38/h2-13,15,27H,14H2,1H3,(H,42,43)/t28-/m1/s1. The van der Waals surface area contributed by atoms with Gasteiger partial charge in [-0.1, -0.05) is 23.7 Å². The maximum atomic E-state index is 15.0. The van der Waals surface area contributed by atoms with Crippen molar-refractivity contribution in [2.24, 2.45) is 0 Å². The Kier molecular flexibility index (Phi) is 9.57. The third kappa shape index (κ3) is 7.62.